The van der Waals surface area contributed by atoms with E-state index in [0.717, 1.165) is 37.9 Å². The van der Waals surface area contributed by atoms with Gasteiger partial charge in [-0.05, 0) is 63.4 Å². The number of nitrogens with zero attached hydrogens (tertiary/aromatic N) is 3. The fraction of sp³-hybridized carbons (Fsp3) is 0.619. The molecule has 148 valence electrons. The van der Waals surface area contributed by atoms with Crippen molar-refractivity contribution in [1.82, 2.24) is 19.4 Å². The van der Waals surface area contributed by atoms with Crippen LogP contribution < -0.4 is 11.0 Å². The van der Waals surface area contributed by atoms with Crippen LogP contribution in [0.3, 0.4) is 0 Å². The molecular weight excluding hydrogens is 340 g/mol. The van der Waals surface area contributed by atoms with Crippen molar-refractivity contribution < 1.29 is 4.79 Å². The second-order valence-electron chi connectivity index (χ2n) is 7.58. The number of hydrogen-bond acceptors (Lipinski definition) is 3. The number of para-hydroxylation sites is 2. The smallest absolute Gasteiger partial charge is 0.337 e. The minimum atomic E-state index is -0.306. The van der Waals surface area contributed by atoms with Crippen LogP contribution in [-0.4, -0.2) is 46.2 Å². The molecule has 0 aliphatic carbocycles. The van der Waals surface area contributed by atoms with E-state index in [9.17, 15) is 9.59 Å². The first-order chi connectivity index (χ1) is 13.2. The Balaban J connectivity index is 1.64. The van der Waals surface area contributed by atoms with E-state index in [-0.39, 0.29) is 11.7 Å². The minimum Gasteiger partial charge on any atom is -0.337 e. The fourth-order valence-electron chi connectivity index (χ4n) is 3.95. The third kappa shape index (κ3) is 4.43. The average molecular weight is 373 g/mol. The van der Waals surface area contributed by atoms with Gasteiger partial charge in [-0.15, -0.1) is 0 Å². The van der Waals surface area contributed by atoms with Crippen molar-refractivity contribution in [2.45, 2.75) is 52.5 Å². The Labute approximate surface area is 161 Å². The summed E-state index contributed by atoms with van der Waals surface area (Å²) >= 11 is 0. The molecule has 2 heterocycles. The topological polar surface area (TPSA) is 59.3 Å². The van der Waals surface area contributed by atoms with Gasteiger partial charge in [0.1, 0.15) is 0 Å². The first kappa shape index (κ1) is 19.7. The number of likely N-dealkylation sites (tertiary alicyclic amines) is 1. The molecule has 1 saturated heterocycles. The molecule has 6 heteroatoms. The molecule has 0 unspecified atom stereocenters. The quantitative estimate of drug-likeness (QED) is 0.811. The molecule has 1 aromatic heterocycles. The number of aromatic nitrogens is 2. The third-order valence-electron chi connectivity index (χ3n) is 5.56. The molecule has 0 radical (unpaired) electrons. The monoisotopic (exact) mass is 372 g/mol. The summed E-state index contributed by atoms with van der Waals surface area (Å²) in [6.07, 6.45) is 5.56. The van der Waals surface area contributed by atoms with Crippen LogP contribution in [0.4, 0.5) is 4.79 Å². The van der Waals surface area contributed by atoms with Gasteiger partial charge in [0, 0.05) is 13.1 Å². The number of aryl methyl sites for hydroxylation is 1. The van der Waals surface area contributed by atoms with Crippen LogP contribution in [0, 0.1) is 5.92 Å². The number of carbonyl (C=O) groups excluding carboxylic acids is 1. The molecule has 27 heavy (non-hydrogen) atoms. The lowest BCUT2D eigenvalue weighted by Gasteiger charge is -2.31. The number of benzene rings is 1. The van der Waals surface area contributed by atoms with Gasteiger partial charge in [0.15, 0.2) is 0 Å². The zero-order valence-electron chi connectivity index (χ0n) is 16.6. The summed E-state index contributed by atoms with van der Waals surface area (Å²) in [6.45, 7) is 8.91. The zero-order chi connectivity index (χ0) is 19.2. The van der Waals surface area contributed by atoms with E-state index >= 15 is 0 Å². The number of rotatable bonds is 7. The molecule has 0 bridgehead atoms. The normalized spacial score (nSPS) is 16.1. The van der Waals surface area contributed by atoms with Crippen LogP contribution in [0.5, 0.6) is 0 Å². The Morgan fingerprint density at radius 3 is 2.44 bits per heavy atom. The highest BCUT2D eigenvalue weighted by Gasteiger charge is 2.21. The van der Waals surface area contributed by atoms with Crippen molar-refractivity contribution in [3.05, 3.63) is 34.7 Å². The van der Waals surface area contributed by atoms with Crippen LogP contribution in [0.25, 0.3) is 11.0 Å². The van der Waals surface area contributed by atoms with Crippen molar-refractivity contribution in [3.63, 3.8) is 0 Å². The number of unbranched alkanes of at least 4 members (excludes halogenated alkanes) is 1. The summed E-state index contributed by atoms with van der Waals surface area (Å²) in [5.74, 6) is 0.492. The summed E-state index contributed by atoms with van der Waals surface area (Å²) in [4.78, 5) is 28.1. The Bertz CT molecular complexity index is 815. The van der Waals surface area contributed by atoms with Crippen LogP contribution >= 0.6 is 0 Å². The molecule has 1 fully saturated rings. The van der Waals surface area contributed by atoms with Crippen LogP contribution in [0.2, 0.25) is 0 Å². The molecule has 6 nitrogen and oxygen atoms in total. The molecular formula is C21H32N4O2. The standard InChI is InChI=1S/C21H32N4O2/c1-3-5-13-23-14-10-17(11-15-23)16-22-20(26)25-19-9-7-6-8-18(19)24(12-4-2)21(25)27/h6-9,17H,3-5,10-16H2,1-2H3,(H,22,26). The van der Waals surface area contributed by atoms with Gasteiger partial charge < -0.3 is 10.2 Å². The highest BCUT2D eigenvalue weighted by molar-refractivity contribution is 5.89. The van der Waals surface area contributed by atoms with Crippen LogP contribution in [0.1, 0.15) is 46.0 Å². The molecule has 1 N–H and O–H groups in total. The number of carbonyl (C=O) groups is 1. The van der Waals surface area contributed by atoms with Gasteiger partial charge in [-0.2, -0.15) is 0 Å². The lowest BCUT2D eigenvalue weighted by atomic mass is 9.96. The molecule has 1 aromatic carbocycles. The zero-order valence-corrected chi connectivity index (χ0v) is 16.6. The summed E-state index contributed by atoms with van der Waals surface area (Å²) < 4.78 is 2.99. The lowest BCUT2D eigenvalue weighted by Crippen LogP contribution is -2.42. The van der Waals surface area contributed by atoms with Gasteiger partial charge in [-0.3, -0.25) is 4.57 Å². The van der Waals surface area contributed by atoms with Gasteiger partial charge in [0.2, 0.25) is 0 Å². The molecule has 1 aliphatic heterocycles. The maximum Gasteiger partial charge on any atom is 0.337 e. The lowest BCUT2D eigenvalue weighted by molar-refractivity contribution is 0.179. The van der Waals surface area contributed by atoms with E-state index in [1.807, 2.05) is 31.2 Å². The Morgan fingerprint density at radius 2 is 1.78 bits per heavy atom. The Hall–Kier alpha value is -2.08. The second-order valence-corrected chi connectivity index (χ2v) is 7.58. The van der Waals surface area contributed by atoms with Crippen LogP contribution in [-0.2, 0) is 6.54 Å². The Kier molecular flexibility index (Phi) is 6.72. The van der Waals surface area contributed by atoms with E-state index in [4.69, 9.17) is 0 Å². The second kappa shape index (κ2) is 9.22. The van der Waals surface area contributed by atoms with Crippen molar-refractivity contribution in [1.29, 1.82) is 0 Å². The largest absolute Gasteiger partial charge is 0.337 e. The first-order valence-electron chi connectivity index (χ1n) is 10.4. The van der Waals surface area contributed by atoms with Crippen molar-refractivity contribution in [2.24, 2.45) is 5.92 Å². The van der Waals surface area contributed by atoms with E-state index in [2.05, 4.69) is 17.1 Å². The van der Waals surface area contributed by atoms with E-state index < -0.39 is 0 Å². The van der Waals surface area contributed by atoms with Gasteiger partial charge >= 0.3 is 11.7 Å². The average Bonchev–Trinajstić information content (AvgIpc) is 2.97. The fourth-order valence-corrected chi connectivity index (χ4v) is 3.95. The number of hydrogen-bond donors (Lipinski definition) is 1. The molecule has 1 amide bonds. The maximum absolute atomic E-state index is 12.8. The highest BCUT2D eigenvalue weighted by Crippen LogP contribution is 2.17. The highest BCUT2D eigenvalue weighted by atomic mass is 16.2. The van der Waals surface area contributed by atoms with Crippen molar-refractivity contribution in [2.75, 3.05) is 26.2 Å². The van der Waals surface area contributed by atoms with Gasteiger partial charge in [0.25, 0.3) is 0 Å². The molecule has 0 atom stereocenters. The molecule has 2 aromatic rings. The SMILES string of the molecule is CCCCN1CCC(CNC(=O)n2c(=O)n(CCC)c3ccccc32)CC1. The molecule has 3 rings (SSSR count). The number of amides is 1. The molecule has 1 aliphatic rings. The predicted molar refractivity (Wildman–Crippen MR) is 109 cm³/mol. The number of fused-ring (bicyclic) bond motifs is 1. The van der Waals surface area contributed by atoms with E-state index in [1.54, 1.807) is 4.57 Å². The van der Waals surface area contributed by atoms with Gasteiger partial charge in [0.05, 0.1) is 11.0 Å². The number of nitrogens with one attached hydrogen (secondary N) is 1. The first-order valence-corrected chi connectivity index (χ1v) is 10.4. The maximum atomic E-state index is 12.8. The van der Waals surface area contributed by atoms with E-state index in [1.165, 1.54) is 24.0 Å². The van der Waals surface area contributed by atoms with Crippen molar-refractivity contribution >= 4 is 17.1 Å². The van der Waals surface area contributed by atoms with Crippen molar-refractivity contribution in [3.8, 4) is 0 Å². The third-order valence-corrected chi connectivity index (χ3v) is 5.56. The summed E-state index contributed by atoms with van der Waals surface area (Å²) in [6, 6.07) is 7.22. The summed E-state index contributed by atoms with van der Waals surface area (Å²) in [5, 5.41) is 3.01. The molecule has 0 saturated carbocycles. The number of imidazole rings is 1. The van der Waals surface area contributed by atoms with Crippen LogP contribution in [0.15, 0.2) is 29.1 Å². The predicted octanol–water partition coefficient (Wildman–Crippen LogP) is 3.28. The number of piperidine rings is 1. The summed E-state index contributed by atoms with van der Waals surface area (Å²) in [5.41, 5.74) is 1.26. The minimum absolute atomic E-state index is 0.245. The van der Waals surface area contributed by atoms with Gasteiger partial charge in [-0.25, -0.2) is 14.2 Å². The Morgan fingerprint density at radius 1 is 1.07 bits per heavy atom. The summed E-state index contributed by atoms with van der Waals surface area (Å²) in [7, 11) is 0. The molecule has 0 spiro atoms. The van der Waals surface area contributed by atoms with E-state index in [0.29, 0.717) is 24.5 Å². The van der Waals surface area contributed by atoms with Gasteiger partial charge in [-0.1, -0.05) is 32.4 Å².